The van der Waals surface area contributed by atoms with Gasteiger partial charge in [0.25, 0.3) is 0 Å². The molecule has 2 aromatic carbocycles. The van der Waals surface area contributed by atoms with Gasteiger partial charge in [-0.15, -0.1) is 0 Å². The first-order chi connectivity index (χ1) is 10.6. The van der Waals surface area contributed by atoms with Crippen molar-refractivity contribution in [2.75, 3.05) is 5.73 Å². The molecule has 3 aromatic rings. The van der Waals surface area contributed by atoms with Crippen LogP contribution in [-0.4, -0.2) is 21.0 Å². The van der Waals surface area contributed by atoms with Crippen LogP contribution in [0.2, 0.25) is 0 Å². The Bertz CT molecular complexity index is 939. The van der Waals surface area contributed by atoms with E-state index in [4.69, 9.17) is 5.73 Å². The molecule has 3 N–H and O–H groups in total. The van der Waals surface area contributed by atoms with Crippen molar-refractivity contribution in [3.63, 3.8) is 0 Å². The van der Waals surface area contributed by atoms with Crippen LogP contribution >= 0.6 is 0 Å². The molecule has 0 spiro atoms. The summed E-state index contributed by atoms with van der Waals surface area (Å²) in [7, 11) is 0. The van der Waals surface area contributed by atoms with Crippen LogP contribution < -0.4 is 5.73 Å². The summed E-state index contributed by atoms with van der Waals surface area (Å²) in [4.78, 5) is 19.0. The lowest BCUT2D eigenvalue weighted by molar-refractivity contribution is 0.0699. The second-order valence-electron chi connectivity index (χ2n) is 4.62. The van der Waals surface area contributed by atoms with Crippen molar-refractivity contribution in [1.82, 2.24) is 9.97 Å². The van der Waals surface area contributed by atoms with Crippen LogP contribution in [0.1, 0.15) is 21.6 Å². The Morgan fingerprint density at radius 3 is 2.73 bits per heavy atom. The topological polar surface area (TPSA) is 89.1 Å². The molecule has 5 nitrogen and oxygen atoms in total. The number of aromatic nitrogens is 2. The molecule has 0 radical (unpaired) electrons. The van der Waals surface area contributed by atoms with Crippen molar-refractivity contribution in [3.05, 3.63) is 65.6 Å². The number of carboxylic acid groups (broad SMARTS) is 1. The number of rotatable bonds is 1. The molecule has 1 aromatic heterocycles. The van der Waals surface area contributed by atoms with Gasteiger partial charge in [0.15, 0.2) is 0 Å². The van der Waals surface area contributed by atoms with Crippen LogP contribution in [0.5, 0.6) is 0 Å². The number of nitrogen functional groups attached to an aromatic ring is 1. The number of nitrogens with zero attached hydrogens (tertiary/aromatic N) is 2. The molecule has 0 fully saturated rings. The summed E-state index contributed by atoms with van der Waals surface area (Å²) in [6, 6.07) is 12.1. The minimum absolute atomic E-state index is 0.278. The fourth-order valence-corrected chi connectivity index (χ4v) is 2.12. The van der Waals surface area contributed by atoms with E-state index in [0.29, 0.717) is 16.9 Å². The highest BCUT2D eigenvalue weighted by molar-refractivity contribution is 6.03. The number of benzene rings is 2. The number of aromatic carboxylic acids is 1. The fourth-order valence-electron chi connectivity index (χ4n) is 2.12. The van der Waals surface area contributed by atoms with Gasteiger partial charge >= 0.3 is 5.97 Å². The number of carboxylic acids is 1. The van der Waals surface area contributed by atoms with Crippen molar-refractivity contribution >= 4 is 22.6 Å². The van der Waals surface area contributed by atoms with Gasteiger partial charge in [0.05, 0.1) is 5.56 Å². The summed E-state index contributed by atoms with van der Waals surface area (Å²) in [5, 5.41) is 10.7. The average molecular weight is 289 g/mol. The summed E-state index contributed by atoms with van der Waals surface area (Å²) in [5.41, 5.74) is 7.16. The first-order valence-electron chi connectivity index (χ1n) is 6.49. The normalized spacial score (nSPS) is 10.0. The van der Waals surface area contributed by atoms with Gasteiger partial charge in [-0.05, 0) is 34.9 Å². The molecule has 0 saturated carbocycles. The second kappa shape index (κ2) is 5.54. The SMILES string of the molecule is Nc1cc(C#Cc2ccc3c(C(=O)O)cccc3c2)ncn1. The first kappa shape index (κ1) is 13.6. The third kappa shape index (κ3) is 2.72. The van der Waals surface area contributed by atoms with E-state index in [2.05, 4.69) is 21.8 Å². The predicted octanol–water partition coefficient (Wildman–Crippen LogP) is 2.31. The van der Waals surface area contributed by atoms with Crippen LogP contribution in [-0.2, 0) is 0 Å². The van der Waals surface area contributed by atoms with Gasteiger partial charge in [-0.1, -0.05) is 24.1 Å². The number of nitrogens with two attached hydrogens (primary N) is 1. The summed E-state index contributed by atoms with van der Waals surface area (Å²) in [6.45, 7) is 0. The van der Waals surface area contributed by atoms with Gasteiger partial charge in [0.2, 0.25) is 0 Å². The Morgan fingerprint density at radius 1 is 1.09 bits per heavy atom. The summed E-state index contributed by atoms with van der Waals surface area (Å²) in [6.07, 6.45) is 1.36. The van der Waals surface area contributed by atoms with E-state index in [9.17, 15) is 9.90 Å². The van der Waals surface area contributed by atoms with E-state index in [1.165, 1.54) is 6.33 Å². The number of hydrogen-bond acceptors (Lipinski definition) is 4. The maximum Gasteiger partial charge on any atom is 0.336 e. The Kier molecular flexibility index (Phi) is 3.42. The van der Waals surface area contributed by atoms with Crippen LogP contribution in [0.3, 0.4) is 0 Å². The minimum atomic E-state index is -0.944. The Balaban J connectivity index is 2.02. The van der Waals surface area contributed by atoms with E-state index in [0.717, 1.165) is 10.9 Å². The van der Waals surface area contributed by atoms with Crippen LogP contribution in [0.4, 0.5) is 5.82 Å². The molecule has 0 aliphatic heterocycles. The molecule has 5 heteroatoms. The van der Waals surface area contributed by atoms with Gasteiger partial charge in [0, 0.05) is 11.6 Å². The van der Waals surface area contributed by atoms with Crippen molar-refractivity contribution < 1.29 is 9.90 Å². The van der Waals surface area contributed by atoms with Gasteiger partial charge in [-0.2, -0.15) is 0 Å². The molecule has 0 bridgehead atoms. The number of hydrogen-bond donors (Lipinski definition) is 2. The van der Waals surface area contributed by atoms with Crippen molar-refractivity contribution in [3.8, 4) is 11.8 Å². The lowest BCUT2D eigenvalue weighted by Gasteiger charge is -2.02. The average Bonchev–Trinajstić information content (AvgIpc) is 2.52. The highest BCUT2D eigenvalue weighted by Gasteiger charge is 2.07. The zero-order valence-electron chi connectivity index (χ0n) is 11.4. The van der Waals surface area contributed by atoms with Crippen LogP contribution in [0, 0.1) is 11.8 Å². The Hall–Kier alpha value is -3.39. The number of anilines is 1. The van der Waals surface area contributed by atoms with Gasteiger partial charge in [-0.3, -0.25) is 0 Å². The molecule has 0 saturated heterocycles. The Labute approximate surface area is 126 Å². The summed E-state index contributed by atoms with van der Waals surface area (Å²) in [5.74, 6) is 5.31. The zero-order chi connectivity index (χ0) is 15.5. The highest BCUT2D eigenvalue weighted by Crippen LogP contribution is 2.20. The van der Waals surface area contributed by atoms with Crippen molar-refractivity contribution in [2.24, 2.45) is 0 Å². The first-order valence-corrected chi connectivity index (χ1v) is 6.49. The van der Waals surface area contributed by atoms with Crippen molar-refractivity contribution in [1.29, 1.82) is 0 Å². The largest absolute Gasteiger partial charge is 0.478 e. The van der Waals surface area contributed by atoms with E-state index < -0.39 is 5.97 Å². The standard InChI is InChI=1S/C17H11N3O2/c18-16-9-13(19-10-20-16)6-4-11-5-7-14-12(8-11)2-1-3-15(14)17(21)22/h1-3,5,7-10H,(H,21,22)(H2,18,19,20). The third-order valence-corrected chi connectivity index (χ3v) is 3.13. The molecule has 22 heavy (non-hydrogen) atoms. The maximum absolute atomic E-state index is 11.2. The Morgan fingerprint density at radius 2 is 1.95 bits per heavy atom. The van der Waals surface area contributed by atoms with E-state index >= 15 is 0 Å². The molecule has 3 rings (SSSR count). The molecule has 0 unspecified atom stereocenters. The minimum Gasteiger partial charge on any atom is -0.478 e. The smallest absolute Gasteiger partial charge is 0.336 e. The molecular weight excluding hydrogens is 278 g/mol. The molecular formula is C17H11N3O2. The van der Waals surface area contributed by atoms with Gasteiger partial charge in [-0.25, -0.2) is 14.8 Å². The molecule has 106 valence electrons. The molecule has 0 aliphatic rings. The second-order valence-corrected chi connectivity index (χ2v) is 4.62. The molecule has 0 amide bonds. The fraction of sp³-hybridized carbons (Fsp3) is 0. The van der Waals surface area contributed by atoms with E-state index in [1.54, 1.807) is 30.3 Å². The quantitative estimate of drug-likeness (QED) is 0.671. The van der Waals surface area contributed by atoms with Crippen molar-refractivity contribution in [2.45, 2.75) is 0 Å². The van der Waals surface area contributed by atoms with Gasteiger partial charge < -0.3 is 10.8 Å². The molecule has 1 heterocycles. The predicted molar refractivity (Wildman–Crippen MR) is 83.3 cm³/mol. The monoisotopic (exact) mass is 289 g/mol. The van der Waals surface area contributed by atoms with E-state index in [-0.39, 0.29) is 5.56 Å². The third-order valence-electron chi connectivity index (χ3n) is 3.13. The molecule has 0 atom stereocenters. The summed E-state index contributed by atoms with van der Waals surface area (Å²) < 4.78 is 0. The van der Waals surface area contributed by atoms with E-state index in [1.807, 2.05) is 12.1 Å². The highest BCUT2D eigenvalue weighted by atomic mass is 16.4. The summed E-state index contributed by atoms with van der Waals surface area (Å²) >= 11 is 0. The van der Waals surface area contributed by atoms with Crippen LogP contribution in [0.25, 0.3) is 10.8 Å². The lowest BCUT2D eigenvalue weighted by atomic mass is 10.0. The number of fused-ring (bicyclic) bond motifs is 1. The lowest BCUT2D eigenvalue weighted by Crippen LogP contribution is -1.97. The maximum atomic E-state index is 11.2. The molecule has 0 aliphatic carbocycles. The van der Waals surface area contributed by atoms with Gasteiger partial charge in [0.1, 0.15) is 17.8 Å². The van der Waals surface area contributed by atoms with Crippen LogP contribution in [0.15, 0.2) is 48.8 Å². The number of carbonyl (C=O) groups is 1. The zero-order valence-corrected chi connectivity index (χ0v) is 11.4.